The number of piperidine rings is 1. The SMILES string of the molecule is CC1CCN(CCNC2CCc3cc(N)ccc32)CC1. The first-order valence-corrected chi connectivity index (χ1v) is 8.06. The monoisotopic (exact) mass is 273 g/mol. The summed E-state index contributed by atoms with van der Waals surface area (Å²) >= 11 is 0. The van der Waals surface area contributed by atoms with Gasteiger partial charge in [0.25, 0.3) is 0 Å². The quantitative estimate of drug-likeness (QED) is 0.829. The van der Waals surface area contributed by atoms with E-state index in [0.29, 0.717) is 6.04 Å². The number of aryl methyl sites for hydroxylation is 1. The molecule has 3 rings (SSSR count). The number of nitrogens with zero attached hydrogens (tertiary/aromatic N) is 1. The lowest BCUT2D eigenvalue weighted by Gasteiger charge is -2.30. The van der Waals surface area contributed by atoms with Crippen molar-refractivity contribution in [3.05, 3.63) is 29.3 Å². The van der Waals surface area contributed by atoms with Crippen molar-refractivity contribution >= 4 is 5.69 Å². The zero-order valence-electron chi connectivity index (χ0n) is 12.6. The maximum absolute atomic E-state index is 5.86. The van der Waals surface area contributed by atoms with Crippen molar-refractivity contribution in [2.45, 2.75) is 38.6 Å². The highest BCUT2D eigenvalue weighted by atomic mass is 15.1. The average Bonchev–Trinajstić information content (AvgIpc) is 2.83. The molecule has 0 radical (unpaired) electrons. The smallest absolute Gasteiger partial charge is 0.0326 e. The molecule has 0 aromatic heterocycles. The van der Waals surface area contributed by atoms with Crippen LogP contribution in [0.1, 0.15) is 43.4 Å². The predicted molar refractivity (Wildman–Crippen MR) is 84.8 cm³/mol. The third kappa shape index (κ3) is 3.15. The number of nitrogens with one attached hydrogen (secondary N) is 1. The molecular formula is C17H27N3. The van der Waals surface area contributed by atoms with Crippen molar-refractivity contribution in [3.63, 3.8) is 0 Å². The molecule has 1 fully saturated rings. The summed E-state index contributed by atoms with van der Waals surface area (Å²) in [7, 11) is 0. The lowest BCUT2D eigenvalue weighted by Crippen LogP contribution is -2.38. The van der Waals surface area contributed by atoms with E-state index in [4.69, 9.17) is 5.73 Å². The number of fused-ring (bicyclic) bond motifs is 1. The number of hydrogen-bond acceptors (Lipinski definition) is 3. The maximum Gasteiger partial charge on any atom is 0.0326 e. The second-order valence-corrected chi connectivity index (χ2v) is 6.53. The molecule has 0 bridgehead atoms. The van der Waals surface area contributed by atoms with Crippen LogP contribution in [0.15, 0.2) is 18.2 Å². The zero-order valence-corrected chi connectivity index (χ0v) is 12.6. The normalized spacial score (nSPS) is 23.9. The minimum absolute atomic E-state index is 0.536. The summed E-state index contributed by atoms with van der Waals surface area (Å²) in [6, 6.07) is 6.92. The highest BCUT2D eigenvalue weighted by Crippen LogP contribution is 2.32. The molecule has 3 nitrogen and oxygen atoms in total. The molecule has 1 unspecified atom stereocenters. The standard InChI is InChI=1S/C17H27N3/c1-13-6-9-20(10-7-13)11-8-19-17-5-2-14-12-15(18)3-4-16(14)17/h3-4,12-13,17,19H,2,5-11,18H2,1H3. The second-order valence-electron chi connectivity index (χ2n) is 6.53. The Bertz CT molecular complexity index is 450. The molecule has 0 spiro atoms. The van der Waals surface area contributed by atoms with Gasteiger partial charge in [-0.05, 0) is 68.0 Å². The summed E-state index contributed by atoms with van der Waals surface area (Å²) in [4.78, 5) is 2.60. The largest absolute Gasteiger partial charge is 0.399 e. The van der Waals surface area contributed by atoms with Crippen molar-refractivity contribution in [1.82, 2.24) is 10.2 Å². The highest BCUT2D eigenvalue weighted by Gasteiger charge is 2.22. The zero-order chi connectivity index (χ0) is 13.9. The summed E-state index contributed by atoms with van der Waals surface area (Å²) in [5.41, 5.74) is 9.66. The van der Waals surface area contributed by atoms with Crippen molar-refractivity contribution in [2.75, 3.05) is 31.9 Å². The van der Waals surface area contributed by atoms with E-state index < -0.39 is 0 Å². The fraction of sp³-hybridized carbons (Fsp3) is 0.647. The number of rotatable bonds is 4. The van der Waals surface area contributed by atoms with Crippen LogP contribution in [0.3, 0.4) is 0 Å². The molecule has 1 saturated heterocycles. The third-order valence-corrected chi connectivity index (χ3v) is 4.94. The summed E-state index contributed by atoms with van der Waals surface area (Å²) < 4.78 is 0. The van der Waals surface area contributed by atoms with Crippen LogP contribution >= 0.6 is 0 Å². The van der Waals surface area contributed by atoms with Gasteiger partial charge in [-0.25, -0.2) is 0 Å². The first-order chi connectivity index (χ1) is 9.72. The van der Waals surface area contributed by atoms with E-state index in [1.165, 1.54) is 56.4 Å². The van der Waals surface area contributed by atoms with E-state index in [1.54, 1.807) is 0 Å². The van der Waals surface area contributed by atoms with Crippen molar-refractivity contribution in [3.8, 4) is 0 Å². The van der Waals surface area contributed by atoms with Gasteiger partial charge in [0, 0.05) is 24.8 Å². The fourth-order valence-corrected chi connectivity index (χ4v) is 3.53. The molecular weight excluding hydrogens is 246 g/mol. The Morgan fingerprint density at radius 3 is 2.85 bits per heavy atom. The molecule has 3 heteroatoms. The molecule has 1 aliphatic heterocycles. The molecule has 0 saturated carbocycles. The van der Waals surface area contributed by atoms with Gasteiger partial charge in [-0.2, -0.15) is 0 Å². The van der Waals surface area contributed by atoms with Gasteiger partial charge in [-0.1, -0.05) is 13.0 Å². The summed E-state index contributed by atoms with van der Waals surface area (Å²) in [5, 5.41) is 3.73. The van der Waals surface area contributed by atoms with Gasteiger partial charge in [-0.15, -0.1) is 0 Å². The molecule has 1 atom stereocenters. The van der Waals surface area contributed by atoms with E-state index in [1.807, 2.05) is 6.07 Å². The molecule has 1 aromatic rings. The van der Waals surface area contributed by atoms with Crippen molar-refractivity contribution < 1.29 is 0 Å². The lowest BCUT2D eigenvalue weighted by molar-refractivity contribution is 0.191. The van der Waals surface area contributed by atoms with E-state index in [0.717, 1.165) is 18.2 Å². The van der Waals surface area contributed by atoms with Gasteiger partial charge in [-0.3, -0.25) is 0 Å². The Morgan fingerprint density at radius 1 is 1.25 bits per heavy atom. The minimum atomic E-state index is 0.536. The molecule has 1 aliphatic carbocycles. The number of likely N-dealkylation sites (tertiary alicyclic amines) is 1. The number of anilines is 1. The maximum atomic E-state index is 5.86. The summed E-state index contributed by atoms with van der Waals surface area (Å²) in [5.74, 6) is 0.923. The van der Waals surface area contributed by atoms with Crippen LogP contribution in [-0.4, -0.2) is 31.1 Å². The first-order valence-electron chi connectivity index (χ1n) is 8.06. The Balaban J connectivity index is 1.46. The highest BCUT2D eigenvalue weighted by molar-refractivity contribution is 5.47. The first kappa shape index (κ1) is 13.9. The molecule has 20 heavy (non-hydrogen) atoms. The second kappa shape index (κ2) is 6.15. The van der Waals surface area contributed by atoms with Crippen molar-refractivity contribution in [2.24, 2.45) is 5.92 Å². The van der Waals surface area contributed by atoms with Crippen LogP contribution in [0.2, 0.25) is 0 Å². The average molecular weight is 273 g/mol. The molecule has 2 aliphatic rings. The van der Waals surface area contributed by atoms with E-state index in [-0.39, 0.29) is 0 Å². The van der Waals surface area contributed by atoms with Crippen LogP contribution in [0.5, 0.6) is 0 Å². The van der Waals surface area contributed by atoms with Crippen LogP contribution in [0, 0.1) is 5.92 Å². The van der Waals surface area contributed by atoms with Crippen molar-refractivity contribution in [1.29, 1.82) is 0 Å². The Kier molecular flexibility index (Phi) is 4.27. The summed E-state index contributed by atoms with van der Waals surface area (Å²) in [6.07, 6.45) is 5.12. The van der Waals surface area contributed by atoms with Gasteiger partial charge >= 0.3 is 0 Å². The third-order valence-electron chi connectivity index (χ3n) is 4.94. The van der Waals surface area contributed by atoms with Gasteiger partial charge in [0.2, 0.25) is 0 Å². The number of nitrogens with two attached hydrogens (primary N) is 1. The number of nitrogen functional groups attached to an aromatic ring is 1. The Labute approximate surface area is 122 Å². The Hall–Kier alpha value is -1.06. The predicted octanol–water partition coefficient (Wildman–Crippen LogP) is 2.58. The lowest BCUT2D eigenvalue weighted by atomic mass is 9.99. The molecule has 1 heterocycles. The van der Waals surface area contributed by atoms with Gasteiger partial charge in [0.05, 0.1) is 0 Å². The molecule has 110 valence electrons. The minimum Gasteiger partial charge on any atom is -0.399 e. The topological polar surface area (TPSA) is 41.3 Å². The van der Waals surface area contributed by atoms with Gasteiger partial charge in [0.1, 0.15) is 0 Å². The van der Waals surface area contributed by atoms with E-state index in [9.17, 15) is 0 Å². The van der Waals surface area contributed by atoms with Crippen LogP contribution in [0.4, 0.5) is 5.69 Å². The Morgan fingerprint density at radius 2 is 2.05 bits per heavy atom. The molecule has 1 aromatic carbocycles. The van der Waals surface area contributed by atoms with Crippen LogP contribution in [-0.2, 0) is 6.42 Å². The van der Waals surface area contributed by atoms with Gasteiger partial charge < -0.3 is 16.0 Å². The molecule has 0 amide bonds. The van der Waals surface area contributed by atoms with Crippen LogP contribution in [0.25, 0.3) is 0 Å². The summed E-state index contributed by atoms with van der Waals surface area (Å²) in [6.45, 7) is 7.22. The number of benzene rings is 1. The fourth-order valence-electron chi connectivity index (χ4n) is 3.53. The van der Waals surface area contributed by atoms with E-state index in [2.05, 4.69) is 29.3 Å². The van der Waals surface area contributed by atoms with Gasteiger partial charge in [0.15, 0.2) is 0 Å². The number of hydrogen-bond donors (Lipinski definition) is 2. The van der Waals surface area contributed by atoms with Crippen LogP contribution < -0.4 is 11.1 Å². The van der Waals surface area contributed by atoms with E-state index >= 15 is 0 Å². The molecule has 3 N–H and O–H groups in total.